The molecule has 2 amide bonds. The van der Waals surface area contributed by atoms with E-state index in [1.54, 1.807) is 13.4 Å². The Balaban J connectivity index is 1.22. The SMILES string of the molecule is COc1ccc2c(CC(=O)NC3CCN(CC(=O)Nc4ccccc4)CC3)coc2c1. The number of amides is 2. The average Bonchev–Trinajstić information content (AvgIpc) is 3.17. The molecule has 0 bridgehead atoms. The van der Waals surface area contributed by atoms with Crippen molar-refractivity contribution in [3.8, 4) is 5.75 Å². The second-order valence-electron chi connectivity index (χ2n) is 7.83. The molecular formula is C24H27N3O4. The van der Waals surface area contributed by atoms with Crippen LogP contribution in [0.15, 0.2) is 59.2 Å². The number of anilines is 1. The first-order valence-electron chi connectivity index (χ1n) is 10.5. The third-order valence-corrected chi connectivity index (χ3v) is 5.59. The summed E-state index contributed by atoms with van der Waals surface area (Å²) in [5.41, 5.74) is 2.38. The molecule has 1 fully saturated rings. The van der Waals surface area contributed by atoms with E-state index in [0.29, 0.717) is 12.1 Å². The fourth-order valence-electron chi connectivity index (χ4n) is 3.94. The smallest absolute Gasteiger partial charge is 0.238 e. The van der Waals surface area contributed by atoms with Crippen LogP contribution >= 0.6 is 0 Å². The van der Waals surface area contributed by atoms with Crippen LogP contribution < -0.4 is 15.4 Å². The molecule has 1 aliphatic rings. The van der Waals surface area contributed by atoms with Crippen molar-refractivity contribution in [3.63, 3.8) is 0 Å². The van der Waals surface area contributed by atoms with Gasteiger partial charge in [0.05, 0.1) is 26.3 Å². The van der Waals surface area contributed by atoms with E-state index in [4.69, 9.17) is 9.15 Å². The maximum absolute atomic E-state index is 12.6. The van der Waals surface area contributed by atoms with Crippen LogP contribution in [0.2, 0.25) is 0 Å². The van der Waals surface area contributed by atoms with Gasteiger partial charge in [-0.3, -0.25) is 14.5 Å². The number of hydrogen-bond acceptors (Lipinski definition) is 5. The van der Waals surface area contributed by atoms with Gasteiger partial charge >= 0.3 is 0 Å². The van der Waals surface area contributed by atoms with Crippen LogP contribution in [0.5, 0.6) is 5.75 Å². The van der Waals surface area contributed by atoms with Crippen LogP contribution in [0, 0.1) is 0 Å². The predicted molar refractivity (Wildman–Crippen MR) is 119 cm³/mol. The number of ether oxygens (including phenoxy) is 1. The summed E-state index contributed by atoms with van der Waals surface area (Å²) in [6.07, 6.45) is 3.57. The summed E-state index contributed by atoms with van der Waals surface area (Å²) in [4.78, 5) is 26.9. The number of piperidine rings is 1. The number of carbonyl (C=O) groups is 2. The number of hydrogen-bond donors (Lipinski definition) is 2. The largest absolute Gasteiger partial charge is 0.497 e. The lowest BCUT2D eigenvalue weighted by Crippen LogP contribution is -2.46. The lowest BCUT2D eigenvalue weighted by molar-refractivity contribution is -0.122. The molecule has 1 aromatic heterocycles. The topological polar surface area (TPSA) is 83.8 Å². The first kappa shape index (κ1) is 20.9. The van der Waals surface area contributed by atoms with Crippen molar-refractivity contribution >= 4 is 28.5 Å². The Morgan fingerprint density at radius 3 is 2.61 bits per heavy atom. The van der Waals surface area contributed by atoms with Crippen LogP contribution in [-0.2, 0) is 16.0 Å². The molecule has 162 valence electrons. The summed E-state index contributed by atoms with van der Waals surface area (Å²) in [5, 5.41) is 6.96. The first-order valence-corrected chi connectivity index (χ1v) is 10.5. The van der Waals surface area contributed by atoms with Crippen molar-refractivity contribution in [1.29, 1.82) is 0 Å². The van der Waals surface area contributed by atoms with E-state index >= 15 is 0 Å². The van der Waals surface area contributed by atoms with Crippen molar-refractivity contribution in [1.82, 2.24) is 10.2 Å². The number of benzene rings is 2. The van der Waals surface area contributed by atoms with Gasteiger partial charge < -0.3 is 19.8 Å². The van der Waals surface area contributed by atoms with Crippen LogP contribution in [-0.4, -0.2) is 49.5 Å². The summed E-state index contributed by atoms with van der Waals surface area (Å²) >= 11 is 0. The van der Waals surface area contributed by atoms with E-state index in [1.165, 1.54) is 0 Å². The maximum atomic E-state index is 12.6. The van der Waals surface area contributed by atoms with Gasteiger partial charge in [-0.1, -0.05) is 18.2 Å². The molecule has 2 heterocycles. The minimum absolute atomic E-state index is 0.0150. The van der Waals surface area contributed by atoms with Gasteiger partial charge in [0.15, 0.2) is 0 Å². The van der Waals surface area contributed by atoms with E-state index in [2.05, 4.69) is 15.5 Å². The van der Waals surface area contributed by atoms with Crippen molar-refractivity contribution in [2.24, 2.45) is 0 Å². The maximum Gasteiger partial charge on any atom is 0.238 e. The van der Waals surface area contributed by atoms with Gasteiger partial charge in [0.25, 0.3) is 0 Å². The number of rotatable bonds is 7. The lowest BCUT2D eigenvalue weighted by atomic mass is 10.0. The third kappa shape index (κ3) is 5.44. The number of carbonyl (C=O) groups excluding carboxylic acids is 2. The summed E-state index contributed by atoms with van der Waals surface area (Å²) in [6, 6.07) is 15.2. The molecule has 0 saturated carbocycles. The molecule has 4 rings (SSSR count). The normalized spacial score (nSPS) is 15.0. The number of nitrogens with zero attached hydrogens (tertiary/aromatic N) is 1. The molecule has 1 aliphatic heterocycles. The zero-order chi connectivity index (χ0) is 21.6. The molecule has 0 spiro atoms. The van der Waals surface area contributed by atoms with Crippen molar-refractivity contribution < 1.29 is 18.7 Å². The van der Waals surface area contributed by atoms with Crippen LogP contribution in [0.3, 0.4) is 0 Å². The van der Waals surface area contributed by atoms with Crippen molar-refractivity contribution in [2.75, 3.05) is 32.1 Å². The molecule has 3 aromatic rings. The van der Waals surface area contributed by atoms with E-state index in [0.717, 1.165) is 48.3 Å². The van der Waals surface area contributed by atoms with Gasteiger partial charge in [-0.2, -0.15) is 0 Å². The zero-order valence-corrected chi connectivity index (χ0v) is 17.6. The lowest BCUT2D eigenvalue weighted by Gasteiger charge is -2.31. The Morgan fingerprint density at radius 2 is 1.87 bits per heavy atom. The Labute approximate surface area is 181 Å². The van der Waals surface area contributed by atoms with Gasteiger partial charge in [0.2, 0.25) is 11.8 Å². The van der Waals surface area contributed by atoms with Crippen LogP contribution in [0.4, 0.5) is 5.69 Å². The van der Waals surface area contributed by atoms with E-state index in [9.17, 15) is 9.59 Å². The number of nitrogens with one attached hydrogen (secondary N) is 2. The van der Waals surface area contributed by atoms with Gasteiger partial charge in [0, 0.05) is 41.8 Å². The van der Waals surface area contributed by atoms with E-state index in [1.807, 2.05) is 48.5 Å². The quantitative estimate of drug-likeness (QED) is 0.612. The second kappa shape index (κ2) is 9.66. The molecular weight excluding hydrogens is 394 g/mol. The molecule has 0 atom stereocenters. The summed E-state index contributed by atoms with van der Waals surface area (Å²) < 4.78 is 10.8. The highest BCUT2D eigenvalue weighted by atomic mass is 16.5. The second-order valence-corrected chi connectivity index (χ2v) is 7.83. The highest BCUT2D eigenvalue weighted by Gasteiger charge is 2.22. The highest BCUT2D eigenvalue weighted by Crippen LogP contribution is 2.26. The Hall–Kier alpha value is -3.32. The Bertz CT molecular complexity index is 1040. The number of para-hydroxylation sites is 1. The van der Waals surface area contributed by atoms with Crippen molar-refractivity contribution in [2.45, 2.75) is 25.3 Å². The standard InChI is InChI=1S/C24H27N3O4/c1-30-20-7-8-21-17(16-31-22(21)14-20)13-23(28)25-19-9-11-27(12-10-19)15-24(29)26-18-5-3-2-4-6-18/h2-8,14,16,19H,9-13,15H2,1H3,(H,25,28)(H,26,29). The zero-order valence-electron chi connectivity index (χ0n) is 17.6. The Morgan fingerprint density at radius 1 is 1.10 bits per heavy atom. The number of methoxy groups -OCH3 is 1. The van der Waals surface area contributed by atoms with Crippen LogP contribution in [0.25, 0.3) is 11.0 Å². The van der Waals surface area contributed by atoms with Crippen LogP contribution in [0.1, 0.15) is 18.4 Å². The molecule has 0 unspecified atom stereocenters. The first-order chi connectivity index (χ1) is 15.1. The van der Waals surface area contributed by atoms with Gasteiger partial charge in [0.1, 0.15) is 11.3 Å². The molecule has 1 saturated heterocycles. The predicted octanol–water partition coefficient (Wildman–Crippen LogP) is 3.20. The molecule has 31 heavy (non-hydrogen) atoms. The average molecular weight is 421 g/mol. The van der Waals surface area contributed by atoms with E-state index in [-0.39, 0.29) is 24.3 Å². The number of likely N-dealkylation sites (tertiary alicyclic amines) is 1. The molecule has 7 heteroatoms. The Kier molecular flexibility index (Phi) is 6.52. The van der Waals surface area contributed by atoms with Gasteiger partial charge in [-0.05, 0) is 37.1 Å². The molecule has 0 aliphatic carbocycles. The summed E-state index contributed by atoms with van der Waals surface area (Å²) in [7, 11) is 1.61. The van der Waals surface area contributed by atoms with Crippen molar-refractivity contribution in [3.05, 3.63) is 60.4 Å². The minimum Gasteiger partial charge on any atom is -0.497 e. The molecule has 2 aromatic carbocycles. The summed E-state index contributed by atoms with van der Waals surface area (Å²) in [5.74, 6) is 0.693. The molecule has 2 N–H and O–H groups in total. The monoisotopic (exact) mass is 421 g/mol. The highest BCUT2D eigenvalue weighted by molar-refractivity contribution is 5.92. The number of furan rings is 1. The fraction of sp³-hybridized carbons (Fsp3) is 0.333. The summed E-state index contributed by atoms with van der Waals surface area (Å²) in [6.45, 7) is 1.92. The molecule has 7 nitrogen and oxygen atoms in total. The van der Waals surface area contributed by atoms with Gasteiger partial charge in [-0.15, -0.1) is 0 Å². The minimum atomic E-state index is -0.0165. The van der Waals surface area contributed by atoms with E-state index < -0.39 is 0 Å². The fourth-order valence-corrected chi connectivity index (χ4v) is 3.94. The molecule has 0 radical (unpaired) electrons. The third-order valence-electron chi connectivity index (χ3n) is 5.59. The van der Waals surface area contributed by atoms with Gasteiger partial charge in [-0.25, -0.2) is 0 Å². The number of fused-ring (bicyclic) bond motifs is 1.